The lowest BCUT2D eigenvalue weighted by molar-refractivity contribution is -0.141. The van der Waals surface area contributed by atoms with Crippen LogP contribution < -0.4 is 38.9 Å². The number of carboxylic acids is 1. The number of rotatable bonds is 16. The van der Waals surface area contributed by atoms with Crippen molar-refractivity contribution in [1.82, 2.24) is 16.0 Å². The highest BCUT2D eigenvalue weighted by atomic mass is 16.4. The average molecular weight is 473 g/mol. The topological polar surface area (TPSA) is 241 Å². The number of carboxylic acid groups (broad SMARTS) is 1. The molecule has 0 saturated carbocycles. The van der Waals surface area contributed by atoms with Crippen molar-refractivity contribution in [1.29, 1.82) is 0 Å². The molecule has 0 aromatic rings. The maximum atomic E-state index is 13.0. The second-order valence-electron chi connectivity index (χ2n) is 8.19. The summed E-state index contributed by atoms with van der Waals surface area (Å²) in [5.41, 5.74) is 22.0. The van der Waals surface area contributed by atoms with Crippen LogP contribution in [0.3, 0.4) is 0 Å². The van der Waals surface area contributed by atoms with E-state index in [4.69, 9.17) is 28.0 Å². The fourth-order valence-electron chi connectivity index (χ4n) is 2.75. The Morgan fingerprint density at radius 1 is 0.848 bits per heavy atom. The Labute approximate surface area is 194 Å². The van der Waals surface area contributed by atoms with Crippen molar-refractivity contribution in [3.63, 3.8) is 0 Å². The summed E-state index contributed by atoms with van der Waals surface area (Å²) in [4.78, 5) is 53.0. The molecule has 0 fully saturated rings. The van der Waals surface area contributed by atoms with Gasteiger partial charge in [-0.2, -0.15) is 0 Å². The number of amides is 3. The smallest absolute Gasteiger partial charge is 0.325 e. The summed E-state index contributed by atoms with van der Waals surface area (Å²) < 4.78 is 0. The Hall–Kier alpha value is -2.93. The second kappa shape index (κ2) is 15.8. The zero-order chi connectivity index (χ0) is 25.6. The molecule has 4 unspecified atom stereocenters. The Bertz CT molecular complexity index is 681. The highest BCUT2D eigenvalue weighted by Crippen LogP contribution is 2.06. The summed E-state index contributed by atoms with van der Waals surface area (Å²) >= 11 is 0. The average Bonchev–Trinajstić information content (AvgIpc) is 2.73. The van der Waals surface area contributed by atoms with Crippen molar-refractivity contribution in [2.45, 2.75) is 77.0 Å². The van der Waals surface area contributed by atoms with Crippen LogP contribution >= 0.6 is 0 Å². The first-order valence-corrected chi connectivity index (χ1v) is 11.1. The molecule has 0 bridgehead atoms. The van der Waals surface area contributed by atoms with Gasteiger partial charge < -0.3 is 44.0 Å². The van der Waals surface area contributed by atoms with Gasteiger partial charge in [0.2, 0.25) is 17.7 Å². The molecule has 0 spiro atoms. The van der Waals surface area contributed by atoms with E-state index < -0.39 is 47.9 Å². The molecule has 0 aliphatic carbocycles. The van der Waals surface area contributed by atoms with Gasteiger partial charge in [-0.25, -0.2) is 0 Å². The van der Waals surface area contributed by atoms with Crippen LogP contribution in [0.2, 0.25) is 0 Å². The van der Waals surface area contributed by atoms with E-state index >= 15 is 0 Å². The van der Waals surface area contributed by atoms with Crippen molar-refractivity contribution in [2.75, 3.05) is 13.1 Å². The molecule has 0 heterocycles. The van der Waals surface area contributed by atoms with Crippen LogP contribution in [0.1, 0.15) is 52.9 Å². The molecule has 0 radical (unpaired) electrons. The minimum atomic E-state index is -1.21. The maximum Gasteiger partial charge on any atom is 0.325 e. The number of carbonyl (C=O) groups excluding carboxylic acids is 3. The first-order valence-electron chi connectivity index (χ1n) is 11.1. The van der Waals surface area contributed by atoms with Gasteiger partial charge in [-0.1, -0.05) is 13.8 Å². The summed E-state index contributed by atoms with van der Waals surface area (Å²) in [6.07, 6.45) is 1.99. The molecule has 3 amide bonds. The largest absolute Gasteiger partial charge is 0.480 e. The van der Waals surface area contributed by atoms with Gasteiger partial charge >= 0.3 is 5.97 Å². The Kier molecular flexibility index (Phi) is 14.4. The van der Waals surface area contributed by atoms with Crippen molar-refractivity contribution in [3.8, 4) is 0 Å². The van der Waals surface area contributed by atoms with Gasteiger partial charge in [-0.15, -0.1) is 0 Å². The van der Waals surface area contributed by atoms with Crippen LogP contribution in [0, 0.1) is 5.92 Å². The minimum Gasteiger partial charge on any atom is -0.480 e. The number of unbranched alkanes of at least 4 members (excludes halogenated alkanes) is 1. The van der Waals surface area contributed by atoms with E-state index in [1.54, 1.807) is 13.8 Å². The van der Waals surface area contributed by atoms with Crippen LogP contribution in [-0.4, -0.2) is 72.0 Å². The summed E-state index contributed by atoms with van der Waals surface area (Å²) in [5.74, 6) is -3.19. The molecule has 4 atom stereocenters. The zero-order valence-electron chi connectivity index (χ0n) is 19.7. The fourth-order valence-corrected chi connectivity index (χ4v) is 2.75. The summed E-state index contributed by atoms with van der Waals surface area (Å²) in [6, 6.07) is -3.94. The molecule has 0 aromatic heterocycles. The summed E-state index contributed by atoms with van der Waals surface area (Å²) in [6.45, 7) is 5.52. The van der Waals surface area contributed by atoms with E-state index in [0.717, 1.165) is 0 Å². The van der Waals surface area contributed by atoms with E-state index in [0.29, 0.717) is 25.8 Å². The maximum absolute atomic E-state index is 13.0. The van der Waals surface area contributed by atoms with E-state index in [2.05, 4.69) is 20.9 Å². The normalized spacial score (nSPS) is 14.5. The van der Waals surface area contributed by atoms with Gasteiger partial charge in [0.05, 0.1) is 6.04 Å². The Morgan fingerprint density at radius 2 is 1.36 bits per heavy atom. The molecule has 12 N–H and O–H groups in total. The molecule has 0 aliphatic heterocycles. The van der Waals surface area contributed by atoms with Crippen molar-refractivity contribution >= 4 is 29.7 Å². The molecule has 33 heavy (non-hydrogen) atoms. The number of guanidine groups is 1. The number of hydrogen-bond acceptors (Lipinski definition) is 7. The first kappa shape index (κ1) is 30.1. The molecule has 190 valence electrons. The number of carbonyl (C=O) groups is 4. The van der Waals surface area contributed by atoms with E-state index in [1.807, 2.05) is 0 Å². The van der Waals surface area contributed by atoms with Crippen LogP contribution in [0.25, 0.3) is 0 Å². The number of hydrogen-bond donors (Lipinski definition) is 8. The van der Waals surface area contributed by atoms with Crippen LogP contribution in [0.5, 0.6) is 0 Å². The second-order valence-corrected chi connectivity index (χ2v) is 8.19. The zero-order valence-corrected chi connectivity index (χ0v) is 19.7. The van der Waals surface area contributed by atoms with Crippen molar-refractivity contribution in [2.24, 2.45) is 33.8 Å². The third kappa shape index (κ3) is 12.6. The Morgan fingerprint density at radius 3 is 1.85 bits per heavy atom. The van der Waals surface area contributed by atoms with Crippen LogP contribution in [-0.2, 0) is 19.2 Å². The number of aliphatic carboxylic acids is 1. The van der Waals surface area contributed by atoms with Crippen LogP contribution in [0.15, 0.2) is 4.99 Å². The number of nitrogens with zero attached hydrogens (tertiary/aromatic N) is 1. The van der Waals surface area contributed by atoms with Gasteiger partial charge in [-0.3, -0.25) is 24.2 Å². The molecule has 13 nitrogen and oxygen atoms in total. The SMILES string of the molecule is CC(NC(=O)C(CCCCN)NC(=O)C(CCCN=C(N)N)NC(=O)C(N)C(C)C)C(=O)O. The highest BCUT2D eigenvalue weighted by molar-refractivity contribution is 5.94. The third-order valence-electron chi connectivity index (χ3n) is 4.91. The molecule has 13 heteroatoms. The molecule has 0 saturated heterocycles. The Balaban J connectivity index is 5.44. The molecule has 0 aliphatic rings. The fraction of sp³-hybridized carbons (Fsp3) is 0.750. The molecular weight excluding hydrogens is 432 g/mol. The molecule has 0 aromatic carbocycles. The summed E-state index contributed by atoms with van der Waals surface area (Å²) in [7, 11) is 0. The predicted octanol–water partition coefficient (Wildman–Crippen LogP) is -2.29. The monoisotopic (exact) mass is 472 g/mol. The van der Waals surface area contributed by atoms with Gasteiger partial charge in [0, 0.05) is 6.54 Å². The van der Waals surface area contributed by atoms with E-state index in [-0.39, 0.29) is 31.3 Å². The standard InChI is InChI=1S/C20H40N8O5/c1-11(2)15(22)18(31)28-14(8-6-10-25-20(23)24)17(30)27-13(7-4-5-9-21)16(29)26-12(3)19(32)33/h11-15H,4-10,21-22H2,1-3H3,(H,26,29)(H,27,30)(H,28,31)(H,32,33)(H4,23,24,25). The van der Waals surface area contributed by atoms with Crippen molar-refractivity contribution in [3.05, 3.63) is 0 Å². The molecular formula is C20H40N8O5. The van der Waals surface area contributed by atoms with Crippen LogP contribution in [0.4, 0.5) is 0 Å². The summed E-state index contributed by atoms with van der Waals surface area (Å²) in [5, 5.41) is 16.6. The lowest BCUT2D eigenvalue weighted by atomic mass is 10.0. The molecule has 0 rings (SSSR count). The van der Waals surface area contributed by atoms with Gasteiger partial charge in [0.25, 0.3) is 0 Å². The van der Waals surface area contributed by atoms with Gasteiger partial charge in [0.1, 0.15) is 18.1 Å². The van der Waals surface area contributed by atoms with Gasteiger partial charge in [-0.05, 0) is 51.5 Å². The lowest BCUT2D eigenvalue weighted by Gasteiger charge is -2.25. The van der Waals surface area contributed by atoms with E-state index in [1.165, 1.54) is 6.92 Å². The minimum absolute atomic E-state index is 0.0916. The van der Waals surface area contributed by atoms with Gasteiger partial charge in [0.15, 0.2) is 5.96 Å². The third-order valence-corrected chi connectivity index (χ3v) is 4.91. The quantitative estimate of drug-likeness (QED) is 0.0683. The first-order chi connectivity index (χ1) is 15.4. The number of nitrogens with one attached hydrogen (secondary N) is 3. The predicted molar refractivity (Wildman–Crippen MR) is 125 cm³/mol. The highest BCUT2D eigenvalue weighted by Gasteiger charge is 2.29. The van der Waals surface area contributed by atoms with Crippen molar-refractivity contribution < 1.29 is 24.3 Å². The number of aliphatic imine (C=N–C) groups is 1. The van der Waals surface area contributed by atoms with E-state index in [9.17, 15) is 19.2 Å². The number of nitrogens with two attached hydrogens (primary N) is 4. The lowest BCUT2D eigenvalue weighted by Crippen LogP contribution is -2.57.